The first-order valence-corrected chi connectivity index (χ1v) is 9.83. The van der Waals surface area contributed by atoms with Crippen molar-refractivity contribution in [3.05, 3.63) is 29.3 Å². The number of hydrogen-bond acceptors (Lipinski definition) is 2. The monoisotopic (exact) mass is 289 g/mol. The molecule has 1 aromatic rings. The van der Waals surface area contributed by atoms with Gasteiger partial charge in [0.2, 0.25) is 0 Å². The van der Waals surface area contributed by atoms with E-state index >= 15 is 0 Å². The van der Waals surface area contributed by atoms with E-state index in [1.165, 1.54) is 11.1 Å². The third-order valence-corrected chi connectivity index (χ3v) is 10.6. The van der Waals surface area contributed by atoms with E-state index in [0.717, 1.165) is 12.3 Å². The summed E-state index contributed by atoms with van der Waals surface area (Å²) >= 11 is 0. The SMILES string of the molecule is CC(C)[Si](Oc1ccc2c(c1)C=NC2)(C(C)C)C(C)C. The molecule has 0 aromatic heterocycles. The van der Waals surface area contributed by atoms with E-state index in [4.69, 9.17) is 4.43 Å². The zero-order valence-electron chi connectivity index (χ0n) is 13.6. The molecule has 1 aromatic carbocycles. The van der Waals surface area contributed by atoms with Crippen LogP contribution in [0.4, 0.5) is 0 Å². The minimum atomic E-state index is -1.85. The predicted octanol–water partition coefficient (Wildman–Crippen LogP) is 5.17. The zero-order chi connectivity index (χ0) is 14.9. The van der Waals surface area contributed by atoms with Crippen molar-refractivity contribution in [2.45, 2.75) is 64.7 Å². The van der Waals surface area contributed by atoms with E-state index in [9.17, 15) is 0 Å². The van der Waals surface area contributed by atoms with Crippen LogP contribution in [0.5, 0.6) is 5.75 Å². The van der Waals surface area contributed by atoms with Gasteiger partial charge in [-0.2, -0.15) is 0 Å². The predicted molar refractivity (Wildman–Crippen MR) is 89.4 cm³/mol. The fraction of sp³-hybridized carbons (Fsp3) is 0.588. The highest BCUT2D eigenvalue weighted by Crippen LogP contribution is 2.43. The van der Waals surface area contributed by atoms with Gasteiger partial charge in [-0.1, -0.05) is 47.6 Å². The molecule has 0 radical (unpaired) electrons. The van der Waals surface area contributed by atoms with Crippen molar-refractivity contribution in [2.75, 3.05) is 0 Å². The minimum absolute atomic E-state index is 0.601. The summed E-state index contributed by atoms with van der Waals surface area (Å²) in [6, 6.07) is 6.46. The molecule has 0 saturated carbocycles. The lowest BCUT2D eigenvalue weighted by Crippen LogP contribution is -2.50. The van der Waals surface area contributed by atoms with E-state index in [2.05, 4.69) is 64.7 Å². The lowest BCUT2D eigenvalue weighted by Gasteiger charge is -2.42. The Morgan fingerprint density at radius 2 is 1.60 bits per heavy atom. The molecule has 1 aliphatic heterocycles. The van der Waals surface area contributed by atoms with Gasteiger partial charge in [0.05, 0.1) is 6.54 Å². The zero-order valence-corrected chi connectivity index (χ0v) is 14.6. The molecule has 0 saturated heterocycles. The van der Waals surface area contributed by atoms with E-state index in [-0.39, 0.29) is 0 Å². The molecular formula is C17H27NOSi. The summed E-state index contributed by atoms with van der Waals surface area (Å²) in [4.78, 5) is 4.32. The Bertz CT molecular complexity index is 484. The molecule has 0 aliphatic carbocycles. The molecule has 110 valence electrons. The average molecular weight is 289 g/mol. The molecule has 0 unspecified atom stereocenters. The number of aliphatic imine (C=N–C) groups is 1. The van der Waals surface area contributed by atoms with Gasteiger partial charge < -0.3 is 4.43 Å². The van der Waals surface area contributed by atoms with Crippen LogP contribution in [0.1, 0.15) is 52.7 Å². The van der Waals surface area contributed by atoms with Crippen molar-refractivity contribution in [1.82, 2.24) is 0 Å². The van der Waals surface area contributed by atoms with Gasteiger partial charge in [0, 0.05) is 11.8 Å². The van der Waals surface area contributed by atoms with E-state index in [1.807, 2.05) is 6.21 Å². The molecule has 0 N–H and O–H groups in total. The standard InChI is InChI=1S/C17H27NOSi/c1-12(2)20(13(3)4,14(5)6)19-17-8-7-15-10-18-11-16(15)9-17/h7-9,11-14H,10H2,1-6H3. The van der Waals surface area contributed by atoms with Crippen LogP contribution in [-0.4, -0.2) is 14.5 Å². The quantitative estimate of drug-likeness (QED) is 0.685. The van der Waals surface area contributed by atoms with Crippen molar-refractivity contribution >= 4 is 14.5 Å². The Hall–Kier alpha value is -1.09. The average Bonchev–Trinajstić information content (AvgIpc) is 2.81. The second kappa shape index (κ2) is 5.72. The summed E-state index contributed by atoms with van der Waals surface area (Å²) in [6.07, 6.45) is 1.96. The number of nitrogens with zero attached hydrogens (tertiary/aromatic N) is 1. The topological polar surface area (TPSA) is 21.6 Å². The molecular weight excluding hydrogens is 262 g/mol. The lowest BCUT2D eigenvalue weighted by molar-refractivity contribution is 0.479. The van der Waals surface area contributed by atoms with Crippen molar-refractivity contribution in [3.63, 3.8) is 0 Å². The molecule has 0 bridgehead atoms. The van der Waals surface area contributed by atoms with Crippen molar-refractivity contribution in [2.24, 2.45) is 4.99 Å². The largest absolute Gasteiger partial charge is 0.543 e. The van der Waals surface area contributed by atoms with E-state index < -0.39 is 8.32 Å². The second-order valence-electron chi connectivity index (χ2n) is 6.75. The lowest BCUT2D eigenvalue weighted by atomic mass is 10.1. The Balaban J connectivity index is 2.35. The minimum Gasteiger partial charge on any atom is -0.543 e. The number of rotatable bonds is 5. The van der Waals surface area contributed by atoms with Crippen LogP contribution in [0.15, 0.2) is 23.2 Å². The summed E-state index contributed by atoms with van der Waals surface area (Å²) in [6.45, 7) is 14.7. The molecule has 0 fully saturated rings. The number of fused-ring (bicyclic) bond motifs is 1. The van der Waals surface area contributed by atoms with Gasteiger partial charge in [-0.25, -0.2) is 0 Å². The smallest absolute Gasteiger partial charge is 0.258 e. The van der Waals surface area contributed by atoms with Crippen LogP contribution in [-0.2, 0) is 6.54 Å². The fourth-order valence-corrected chi connectivity index (χ4v) is 8.94. The first-order valence-electron chi connectivity index (χ1n) is 7.69. The first-order chi connectivity index (χ1) is 9.37. The first kappa shape index (κ1) is 15.3. The van der Waals surface area contributed by atoms with E-state index in [1.54, 1.807) is 0 Å². The Morgan fingerprint density at radius 3 is 2.15 bits per heavy atom. The number of benzene rings is 1. The van der Waals surface area contributed by atoms with Crippen molar-refractivity contribution in [3.8, 4) is 5.75 Å². The van der Waals surface area contributed by atoms with Crippen LogP contribution < -0.4 is 4.43 Å². The highest BCUT2D eigenvalue weighted by molar-refractivity contribution is 6.78. The van der Waals surface area contributed by atoms with Gasteiger partial charge in [-0.05, 0) is 34.3 Å². The highest BCUT2D eigenvalue weighted by Gasteiger charge is 2.47. The molecule has 0 atom stereocenters. The summed E-state index contributed by atoms with van der Waals surface area (Å²) in [7, 11) is -1.85. The third-order valence-electron chi connectivity index (χ3n) is 4.61. The molecule has 20 heavy (non-hydrogen) atoms. The van der Waals surface area contributed by atoms with Crippen molar-refractivity contribution < 1.29 is 4.43 Å². The van der Waals surface area contributed by atoms with Gasteiger partial charge in [-0.15, -0.1) is 0 Å². The molecule has 2 rings (SSSR count). The summed E-state index contributed by atoms with van der Waals surface area (Å²) in [5.41, 5.74) is 4.34. The molecule has 0 amide bonds. The number of hydrogen-bond donors (Lipinski definition) is 0. The van der Waals surface area contributed by atoms with Crippen molar-refractivity contribution in [1.29, 1.82) is 0 Å². The van der Waals surface area contributed by atoms with Crippen LogP contribution >= 0.6 is 0 Å². The Labute approximate surface area is 124 Å². The molecule has 2 nitrogen and oxygen atoms in total. The van der Waals surface area contributed by atoms with Crippen LogP contribution in [0, 0.1) is 0 Å². The summed E-state index contributed by atoms with van der Waals surface area (Å²) in [5, 5.41) is 0. The third kappa shape index (κ3) is 2.56. The summed E-state index contributed by atoms with van der Waals surface area (Å²) < 4.78 is 6.69. The van der Waals surface area contributed by atoms with E-state index in [0.29, 0.717) is 16.6 Å². The Kier molecular flexibility index (Phi) is 4.38. The normalized spacial score (nSPS) is 14.4. The maximum atomic E-state index is 6.69. The molecule has 1 aliphatic rings. The van der Waals surface area contributed by atoms with Gasteiger partial charge >= 0.3 is 0 Å². The van der Waals surface area contributed by atoms with Crippen LogP contribution in [0.3, 0.4) is 0 Å². The van der Waals surface area contributed by atoms with Gasteiger partial charge in [0.15, 0.2) is 0 Å². The maximum Gasteiger partial charge on any atom is 0.258 e. The fourth-order valence-electron chi connectivity index (χ4n) is 3.70. The molecule has 3 heteroatoms. The van der Waals surface area contributed by atoms with Gasteiger partial charge in [-0.3, -0.25) is 4.99 Å². The highest BCUT2D eigenvalue weighted by atomic mass is 28.4. The van der Waals surface area contributed by atoms with Crippen LogP contribution in [0.25, 0.3) is 0 Å². The maximum absolute atomic E-state index is 6.69. The summed E-state index contributed by atoms with van der Waals surface area (Å²) in [5.74, 6) is 1.03. The van der Waals surface area contributed by atoms with Gasteiger partial charge in [0.1, 0.15) is 5.75 Å². The Morgan fingerprint density at radius 1 is 1.00 bits per heavy atom. The van der Waals surface area contributed by atoms with Gasteiger partial charge in [0.25, 0.3) is 8.32 Å². The van der Waals surface area contributed by atoms with Crippen LogP contribution in [0.2, 0.25) is 16.6 Å². The molecule has 1 heterocycles. The molecule has 0 spiro atoms. The second-order valence-corrected chi connectivity index (χ2v) is 12.1.